The van der Waals surface area contributed by atoms with Crippen LogP contribution < -0.4 is 0 Å². The van der Waals surface area contributed by atoms with Gasteiger partial charge in [0.2, 0.25) is 6.29 Å². The van der Waals surface area contributed by atoms with Crippen LogP contribution in [0.2, 0.25) is 0 Å². The van der Waals surface area contributed by atoms with Gasteiger partial charge in [0.05, 0.1) is 30.3 Å². The van der Waals surface area contributed by atoms with E-state index in [9.17, 15) is 4.79 Å². The van der Waals surface area contributed by atoms with Crippen LogP contribution in [0.5, 0.6) is 0 Å². The summed E-state index contributed by atoms with van der Waals surface area (Å²) in [6, 6.07) is 0. The number of fused-ring (bicyclic) bond motifs is 2. The third-order valence-electron chi connectivity index (χ3n) is 5.99. The summed E-state index contributed by atoms with van der Waals surface area (Å²) >= 11 is 0. The summed E-state index contributed by atoms with van der Waals surface area (Å²) in [6.07, 6.45) is 6.63. The first-order valence-corrected chi connectivity index (χ1v) is 8.36. The van der Waals surface area contributed by atoms with Gasteiger partial charge >= 0.3 is 5.97 Å². The lowest BCUT2D eigenvalue weighted by Gasteiger charge is -2.24. The smallest absolute Gasteiger partial charge is 0.311 e. The van der Waals surface area contributed by atoms with E-state index >= 15 is 0 Å². The Morgan fingerprint density at radius 2 is 1.71 bits per heavy atom. The Morgan fingerprint density at radius 3 is 2.57 bits per heavy atom. The van der Waals surface area contributed by atoms with Crippen LogP contribution in [0.25, 0.3) is 0 Å². The number of hydrogen-bond donors (Lipinski definition) is 0. The molecule has 0 spiro atoms. The Kier molecular flexibility index (Phi) is 2.71. The second-order valence-corrected chi connectivity index (χ2v) is 7.46. The maximum Gasteiger partial charge on any atom is 0.311 e. The highest BCUT2D eigenvalue weighted by atomic mass is 16.8. The van der Waals surface area contributed by atoms with E-state index in [-0.39, 0.29) is 24.3 Å². The van der Waals surface area contributed by atoms with E-state index < -0.39 is 0 Å². The summed E-state index contributed by atoms with van der Waals surface area (Å²) in [5.74, 6) is 0.765. The molecule has 5 heteroatoms. The van der Waals surface area contributed by atoms with Crippen LogP contribution in [-0.2, 0) is 23.7 Å². The summed E-state index contributed by atoms with van der Waals surface area (Å²) in [5, 5.41) is 0. The van der Waals surface area contributed by atoms with Crippen molar-refractivity contribution in [2.24, 2.45) is 17.8 Å². The number of carbonyl (C=O) groups is 1. The molecule has 5 nitrogen and oxygen atoms in total. The van der Waals surface area contributed by atoms with Crippen molar-refractivity contribution >= 4 is 5.97 Å². The summed E-state index contributed by atoms with van der Waals surface area (Å²) < 4.78 is 22.3. The molecule has 0 aromatic heterocycles. The number of hydrogen-bond acceptors (Lipinski definition) is 5. The average molecular weight is 294 g/mol. The van der Waals surface area contributed by atoms with Gasteiger partial charge in [0.1, 0.15) is 6.10 Å². The van der Waals surface area contributed by atoms with E-state index in [2.05, 4.69) is 6.92 Å². The van der Waals surface area contributed by atoms with Gasteiger partial charge in [-0.15, -0.1) is 0 Å². The quantitative estimate of drug-likeness (QED) is 0.585. The first-order chi connectivity index (χ1) is 10.2. The Morgan fingerprint density at radius 1 is 0.952 bits per heavy atom. The topological polar surface area (TPSA) is 63.9 Å². The van der Waals surface area contributed by atoms with Crippen LogP contribution in [0.4, 0.5) is 0 Å². The zero-order valence-electron chi connectivity index (χ0n) is 12.3. The fourth-order valence-corrected chi connectivity index (χ4v) is 4.41. The first-order valence-electron chi connectivity index (χ1n) is 8.36. The summed E-state index contributed by atoms with van der Waals surface area (Å²) in [5.41, 5.74) is 0. The third-order valence-corrected chi connectivity index (χ3v) is 5.99. The lowest BCUT2D eigenvalue weighted by molar-refractivity contribution is -0.156. The van der Waals surface area contributed by atoms with Gasteiger partial charge in [-0.25, -0.2) is 0 Å². The van der Waals surface area contributed by atoms with Crippen LogP contribution >= 0.6 is 0 Å². The molecular formula is C16H22O5. The molecule has 5 rings (SSSR count). The second kappa shape index (κ2) is 4.43. The zero-order valence-corrected chi connectivity index (χ0v) is 12.3. The fourth-order valence-electron chi connectivity index (χ4n) is 4.41. The Hall–Kier alpha value is -0.650. The number of carbonyl (C=O) groups excluding carboxylic acids is 1. The molecule has 3 heterocycles. The van der Waals surface area contributed by atoms with Crippen LogP contribution in [0.3, 0.4) is 0 Å². The molecule has 9 atom stereocenters. The second-order valence-electron chi connectivity index (χ2n) is 7.46. The third kappa shape index (κ3) is 2.30. The molecule has 0 N–H and O–H groups in total. The predicted octanol–water partition coefficient (Wildman–Crippen LogP) is 1.64. The molecule has 0 aromatic rings. The van der Waals surface area contributed by atoms with E-state index in [4.69, 9.17) is 18.9 Å². The van der Waals surface area contributed by atoms with Crippen molar-refractivity contribution in [3.05, 3.63) is 0 Å². The van der Waals surface area contributed by atoms with Crippen LogP contribution in [0.15, 0.2) is 0 Å². The molecule has 0 radical (unpaired) electrons. The van der Waals surface area contributed by atoms with Gasteiger partial charge in [-0.05, 0) is 43.9 Å². The lowest BCUT2D eigenvalue weighted by atomic mass is 9.80. The van der Waals surface area contributed by atoms with Crippen molar-refractivity contribution in [3.8, 4) is 0 Å². The zero-order chi connectivity index (χ0) is 14.1. The highest BCUT2D eigenvalue weighted by molar-refractivity contribution is 5.73. The number of rotatable bonds is 3. The average Bonchev–Trinajstić information content (AvgIpc) is 3.29. The molecule has 2 saturated carbocycles. The Balaban J connectivity index is 1.14. The molecule has 0 aromatic carbocycles. The van der Waals surface area contributed by atoms with Gasteiger partial charge in [0.25, 0.3) is 0 Å². The van der Waals surface area contributed by atoms with Crippen molar-refractivity contribution in [1.29, 1.82) is 0 Å². The Labute approximate surface area is 124 Å². The molecule has 21 heavy (non-hydrogen) atoms. The normalized spacial score (nSPS) is 56.9. The minimum Gasteiger partial charge on any atom is -0.433 e. The molecule has 5 fully saturated rings. The highest BCUT2D eigenvalue weighted by Gasteiger charge is 2.55. The first kappa shape index (κ1) is 12.9. The minimum atomic E-state index is -0.303. The van der Waals surface area contributed by atoms with Crippen LogP contribution in [0.1, 0.15) is 39.0 Å². The summed E-state index contributed by atoms with van der Waals surface area (Å²) in [6.45, 7) is 2.13. The number of esters is 1. The van der Waals surface area contributed by atoms with Crippen molar-refractivity contribution in [2.75, 3.05) is 0 Å². The van der Waals surface area contributed by atoms with Gasteiger partial charge in [-0.3, -0.25) is 4.79 Å². The lowest BCUT2D eigenvalue weighted by Crippen LogP contribution is -2.31. The van der Waals surface area contributed by atoms with Gasteiger partial charge in [0.15, 0.2) is 0 Å². The molecule has 116 valence electrons. The fraction of sp³-hybridized carbons (Fsp3) is 0.938. The Bertz CT molecular complexity index is 466. The van der Waals surface area contributed by atoms with Crippen molar-refractivity contribution in [2.45, 2.75) is 75.8 Å². The molecule has 5 aliphatic rings. The monoisotopic (exact) mass is 294 g/mol. The van der Waals surface area contributed by atoms with Gasteiger partial charge in [0, 0.05) is 0 Å². The molecule has 9 unspecified atom stereocenters. The van der Waals surface area contributed by atoms with Gasteiger partial charge in [-0.1, -0.05) is 6.92 Å². The summed E-state index contributed by atoms with van der Waals surface area (Å²) in [4.78, 5) is 12.3. The molecule has 0 amide bonds. The van der Waals surface area contributed by atoms with E-state index in [0.29, 0.717) is 36.3 Å². The minimum absolute atomic E-state index is 0.0129. The maximum atomic E-state index is 12.3. The largest absolute Gasteiger partial charge is 0.433 e. The van der Waals surface area contributed by atoms with Crippen molar-refractivity contribution in [1.82, 2.24) is 0 Å². The molecule has 3 aliphatic heterocycles. The van der Waals surface area contributed by atoms with Crippen LogP contribution in [0, 0.1) is 17.8 Å². The molecule has 2 aliphatic carbocycles. The summed E-state index contributed by atoms with van der Waals surface area (Å²) in [7, 11) is 0. The van der Waals surface area contributed by atoms with E-state index in [0.717, 1.165) is 32.1 Å². The van der Waals surface area contributed by atoms with Crippen LogP contribution in [-0.4, -0.2) is 42.8 Å². The molecular weight excluding hydrogens is 272 g/mol. The van der Waals surface area contributed by atoms with Gasteiger partial charge in [-0.2, -0.15) is 0 Å². The van der Waals surface area contributed by atoms with E-state index in [1.165, 1.54) is 0 Å². The predicted molar refractivity (Wildman–Crippen MR) is 71.3 cm³/mol. The maximum absolute atomic E-state index is 12.3. The van der Waals surface area contributed by atoms with Crippen molar-refractivity contribution in [3.63, 3.8) is 0 Å². The number of ether oxygens (including phenoxy) is 4. The standard InChI is InChI=1S/C16H22O5/c1-7-4-11-13(19-11)6-9(7)15(17)21-16-14(20-16)8-2-3-10-12(5-8)18-10/h7-14,16H,2-6H2,1H3. The molecule has 0 bridgehead atoms. The van der Waals surface area contributed by atoms with E-state index in [1.54, 1.807) is 0 Å². The van der Waals surface area contributed by atoms with Crippen molar-refractivity contribution < 1.29 is 23.7 Å². The van der Waals surface area contributed by atoms with Gasteiger partial charge < -0.3 is 18.9 Å². The number of epoxide rings is 3. The van der Waals surface area contributed by atoms with E-state index in [1.807, 2.05) is 0 Å². The molecule has 3 saturated heterocycles. The highest BCUT2D eigenvalue weighted by Crippen LogP contribution is 2.47. The SMILES string of the molecule is CC1CC2OC2CC1C(=O)OC1OC1C1CCC2OC2C1.